The van der Waals surface area contributed by atoms with Gasteiger partial charge in [-0.15, -0.1) is 11.3 Å². The molecule has 2 rings (SSSR count). The summed E-state index contributed by atoms with van der Waals surface area (Å²) in [4.78, 5) is 28.6. The van der Waals surface area contributed by atoms with Crippen molar-refractivity contribution in [3.63, 3.8) is 0 Å². The standard InChI is InChI=1S/C17H19ClN2O3S/c1-4-10(2)19-14(21)9-23-17(22)15-11(3)20-16(24-15)12-6-5-7-13(18)8-12/h5-8,10H,4,9H2,1-3H3,(H,19,21)/t10-/m1/s1. The minimum Gasteiger partial charge on any atom is -0.451 e. The number of amides is 1. The maximum absolute atomic E-state index is 12.2. The first-order valence-electron chi connectivity index (χ1n) is 7.60. The Balaban J connectivity index is 2.04. The number of benzene rings is 1. The maximum atomic E-state index is 12.2. The van der Waals surface area contributed by atoms with Crippen molar-refractivity contribution in [2.75, 3.05) is 6.61 Å². The molecule has 0 spiro atoms. The van der Waals surface area contributed by atoms with Gasteiger partial charge in [-0.3, -0.25) is 4.79 Å². The molecule has 7 heteroatoms. The number of aryl methyl sites for hydroxylation is 1. The molecule has 128 valence electrons. The number of aromatic nitrogens is 1. The Morgan fingerprint density at radius 3 is 2.83 bits per heavy atom. The van der Waals surface area contributed by atoms with Gasteiger partial charge in [0.05, 0.1) is 5.69 Å². The number of halogens is 1. The van der Waals surface area contributed by atoms with Gasteiger partial charge in [0.1, 0.15) is 9.88 Å². The van der Waals surface area contributed by atoms with E-state index >= 15 is 0 Å². The van der Waals surface area contributed by atoms with Crippen molar-refractivity contribution in [2.24, 2.45) is 0 Å². The Labute approximate surface area is 150 Å². The Kier molecular flexibility index (Phi) is 6.34. The summed E-state index contributed by atoms with van der Waals surface area (Å²) in [6, 6.07) is 7.31. The molecule has 1 atom stereocenters. The fraction of sp³-hybridized carbons (Fsp3) is 0.353. The molecule has 0 radical (unpaired) electrons. The summed E-state index contributed by atoms with van der Waals surface area (Å²) < 4.78 is 5.08. The molecule has 0 unspecified atom stereocenters. The summed E-state index contributed by atoms with van der Waals surface area (Å²) in [5.41, 5.74) is 1.41. The van der Waals surface area contributed by atoms with E-state index in [0.717, 1.165) is 12.0 Å². The number of esters is 1. The highest BCUT2D eigenvalue weighted by atomic mass is 35.5. The van der Waals surface area contributed by atoms with Crippen LogP contribution in [-0.4, -0.2) is 29.5 Å². The quantitative estimate of drug-likeness (QED) is 0.788. The van der Waals surface area contributed by atoms with Crippen LogP contribution in [0, 0.1) is 6.92 Å². The highest BCUT2D eigenvalue weighted by molar-refractivity contribution is 7.17. The smallest absolute Gasteiger partial charge is 0.350 e. The second kappa shape index (κ2) is 8.26. The molecule has 1 aromatic carbocycles. The van der Waals surface area contributed by atoms with Gasteiger partial charge >= 0.3 is 5.97 Å². The number of nitrogens with zero attached hydrogens (tertiary/aromatic N) is 1. The van der Waals surface area contributed by atoms with Gasteiger partial charge in [0.25, 0.3) is 5.91 Å². The number of nitrogens with one attached hydrogen (secondary N) is 1. The lowest BCUT2D eigenvalue weighted by atomic mass is 10.2. The summed E-state index contributed by atoms with van der Waals surface area (Å²) >= 11 is 7.21. The van der Waals surface area contributed by atoms with Gasteiger partial charge in [0.15, 0.2) is 6.61 Å². The van der Waals surface area contributed by atoms with Crippen LogP contribution in [0.3, 0.4) is 0 Å². The zero-order valence-corrected chi connectivity index (χ0v) is 15.3. The number of carbonyl (C=O) groups excluding carboxylic acids is 2. The Morgan fingerprint density at radius 2 is 2.17 bits per heavy atom. The molecule has 1 amide bonds. The lowest BCUT2D eigenvalue weighted by Crippen LogP contribution is -2.35. The van der Waals surface area contributed by atoms with E-state index in [-0.39, 0.29) is 18.6 Å². The number of thiazole rings is 1. The van der Waals surface area contributed by atoms with Gasteiger partial charge in [-0.25, -0.2) is 9.78 Å². The average molecular weight is 367 g/mol. The number of rotatable bonds is 6. The largest absolute Gasteiger partial charge is 0.451 e. The molecule has 1 N–H and O–H groups in total. The molecule has 2 aromatic rings. The van der Waals surface area contributed by atoms with E-state index in [9.17, 15) is 9.59 Å². The summed E-state index contributed by atoms with van der Waals surface area (Å²) in [6.45, 7) is 5.30. The van der Waals surface area contributed by atoms with Crippen LogP contribution in [0.25, 0.3) is 10.6 Å². The first-order chi connectivity index (χ1) is 11.4. The predicted octanol–water partition coefficient (Wildman–Crippen LogP) is 3.84. The van der Waals surface area contributed by atoms with Crippen molar-refractivity contribution < 1.29 is 14.3 Å². The Hall–Kier alpha value is -1.92. The van der Waals surface area contributed by atoms with Crippen LogP contribution in [0.5, 0.6) is 0 Å². The van der Waals surface area contributed by atoms with Crippen molar-refractivity contribution in [3.8, 4) is 10.6 Å². The third kappa shape index (κ3) is 4.79. The predicted molar refractivity (Wildman–Crippen MR) is 95.5 cm³/mol. The van der Waals surface area contributed by atoms with Crippen LogP contribution < -0.4 is 5.32 Å². The van der Waals surface area contributed by atoms with E-state index in [2.05, 4.69) is 10.3 Å². The normalized spacial score (nSPS) is 11.8. The van der Waals surface area contributed by atoms with E-state index in [1.54, 1.807) is 19.1 Å². The molecule has 0 aliphatic heterocycles. The Bertz CT molecular complexity index is 745. The molecule has 1 aromatic heterocycles. The SMILES string of the molecule is CC[C@@H](C)NC(=O)COC(=O)c1sc(-c2cccc(Cl)c2)nc1C. The minimum absolute atomic E-state index is 0.0516. The van der Waals surface area contributed by atoms with E-state index in [1.165, 1.54) is 11.3 Å². The lowest BCUT2D eigenvalue weighted by Gasteiger charge is -2.11. The molecule has 0 aliphatic carbocycles. The zero-order chi connectivity index (χ0) is 17.7. The maximum Gasteiger partial charge on any atom is 0.350 e. The number of carbonyl (C=O) groups is 2. The molecule has 1 heterocycles. The summed E-state index contributed by atoms with van der Waals surface area (Å²) in [6.07, 6.45) is 0.816. The minimum atomic E-state index is -0.544. The van der Waals surface area contributed by atoms with Crippen LogP contribution in [0.4, 0.5) is 0 Å². The van der Waals surface area contributed by atoms with E-state index in [0.29, 0.717) is 20.6 Å². The molecular formula is C17H19ClN2O3S. The van der Waals surface area contributed by atoms with Crippen LogP contribution in [0.2, 0.25) is 5.02 Å². The van der Waals surface area contributed by atoms with Crippen molar-refractivity contribution in [1.29, 1.82) is 0 Å². The van der Waals surface area contributed by atoms with Crippen molar-refractivity contribution in [1.82, 2.24) is 10.3 Å². The molecule has 0 bridgehead atoms. The zero-order valence-electron chi connectivity index (χ0n) is 13.8. The van der Waals surface area contributed by atoms with Crippen LogP contribution >= 0.6 is 22.9 Å². The lowest BCUT2D eigenvalue weighted by molar-refractivity contribution is -0.124. The molecule has 0 fully saturated rings. The van der Waals surface area contributed by atoms with E-state index in [4.69, 9.17) is 16.3 Å². The van der Waals surface area contributed by atoms with Gasteiger partial charge in [-0.2, -0.15) is 0 Å². The third-order valence-electron chi connectivity index (χ3n) is 3.41. The van der Waals surface area contributed by atoms with Crippen molar-refractivity contribution in [3.05, 3.63) is 39.9 Å². The monoisotopic (exact) mass is 366 g/mol. The Morgan fingerprint density at radius 1 is 1.42 bits per heavy atom. The van der Waals surface area contributed by atoms with Crippen LogP contribution in [0.15, 0.2) is 24.3 Å². The van der Waals surface area contributed by atoms with Crippen LogP contribution in [0.1, 0.15) is 35.6 Å². The fourth-order valence-corrected chi connectivity index (χ4v) is 3.09. The fourth-order valence-electron chi connectivity index (χ4n) is 1.95. The van der Waals surface area contributed by atoms with Crippen molar-refractivity contribution >= 4 is 34.8 Å². The number of ether oxygens (including phenoxy) is 1. The highest BCUT2D eigenvalue weighted by Crippen LogP contribution is 2.29. The highest BCUT2D eigenvalue weighted by Gasteiger charge is 2.19. The average Bonchev–Trinajstić information content (AvgIpc) is 2.94. The molecule has 5 nitrogen and oxygen atoms in total. The van der Waals surface area contributed by atoms with Gasteiger partial charge in [-0.05, 0) is 32.4 Å². The topological polar surface area (TPSA) is 68.3 Å². The van der Waals surface area contributed by atoms with Gasteiger partial charge in [-0.1, -0.05) is 30.7 Å². The van der Waals surface area contributed by atoms with Crippen LogP contribution in [-0.2, 0) is 9.53 Å². The molecule has 0 aliphatic rings. The van der Waals surface area contributed by atoms with Gasteiger partial charge in [0.2, 0.25) is 0 Å². The third-order valence-corrected chi connectivity index (χ3v) is 4.83. The second-order valence-electron chi connectivity index (χ2n) is 5.40. The molecule has 0 saturated heterocycles. The van der Waals surface area contributed by atoms with Crippen molar-refractivity contribution in [2.45, 2.75) is 33.2 Å². The van der Waals surface area contributed by atoms with E-state index < -0.39 is 5.97 Å². The van der Waals surface area contributed by atoms with Gasteiger partial charge in [0, 0.05) is 16.6 Å². The summed E-state index contributed by atoms with van der Waals surface area (Å²) in [5.74, 6) is -0.854. The molecule has 24 heavy (non-hydrogen) atoms. The summed E-state index contributed by atoms with van der Waals surface area (Å²) in [5, 5.41) is 4.03. The first kappa shape index (κ1) is 18.4. The van der Waals surface area contributed by atoms with E-state index in [1.807, 2.05) is 26.0 Å². The molecular weight excluding hydrogens is 348 g/mol. The molecule has 0 saturated carbocycles. The first-order valence-corrected chi connectivity index (χ1v) is 8.80. The van der Waals surface area contributed by atoms with Gasteiger partial charge < -0.3 is 10.1 Å². The number of hydrogen-bond donors (Lipinski definition) is 1. The summed E-state index contributed by atoms with van der Waals surface area (Å²) in [7, 11) is 0. The number of hydrogen-bond acceptors (Lipinski definition) is 5. The second-order valence-corrected chi connectivity index (χ2v) is 6.83.